The summed E-state index contributed by atoms with van der Waals surface area (Å²) in [5.41, 5.74) is 7.81. The fourth-order valence-corrected chi connectivity index (χ4v) is 5.34. The van der Waals surface area contributed by atoms with E-state index in [1.807, 2.05) is 6.20 Å². The third-order valence-corrected chi connectivity index (χ3v) is 7.37. The van der Waals surface area contributed by atoms with Gasteiger partial charge in [-0.1, -0.05) is 6.07 Å². The molecule has 4 aromatic rings. The molecule has 2 aromatic carbocycles. The number of nitrogens with one attached hydrogen (secondary N) is 2. The van der Waals surface area contributed by atoms with Gasteiger partial charge in [0.15, 0.2) is 0 Å². The fourth-order valence-electron chi connectivity index (χ4n) is 4.27. The second kappa shape index (κ2) is 8.65. The van der Waals surface area contributed by atoms with E-state index in [1.54, 1.807) is 6.07 Å². The Morgan fingerprint density at radius 3 is 2.50 bits per heavy atom. The van der Waals surface area contributed by atoms with Gasteiger partial charge in [0.05, 0.1) is 16.0 Å². The van der Waals surface area contributed by atoms with Crippen LogP contribution in [0.3, 0.4) is 0 Å². The Labute approximate surface area is 194 Å². The number of rotatable bonds is 5. The van der Waals surface area contributed by atoms with Gasteiger partial charge in [0.2, 0.25) is 0 Å². The quantitative estimate of drug-likeness (QED) is 0.398. The lowest BCUT2D eigenvalue weighted by Gasteiger charge is -2.24. The van der Waals surface area contributed by atoms with Crippen LogP contribution in [-0.4, -0.2) is 36.0 Å². The number of hydrogen-bond acceptors (Lipinski definition) is 6. The molecule has 1 saturated heterocycles. The lowest BCUT2D eigenvalue weighted by Crippen LogP contribution is -2.29. The van der Waals surface area contributed by atoms with Gasteiger partial charge >= 0.3 is 0 Å². The van der Waals surface area contributed by atoms with E-state index in [0.29, 0.717) is 22.2 Å². The van der Waals surface area contributed by atoms with Crippen LogP contribution in [0.2, 0.25) is 0 Å². The van der Waals surface area contributed by atoms with Gasteiger partial charge < -0.3 is 15.6 Å². The van der Waals surface area contributed by atoms with Gasteiger partial charge in [0, 0.05) is 17.8 Å². The summed E-state index contributed by atoms with van der Waals surface area (Å²) in [5.74, 6) is -1.04. The molecule has 0 radical (unpaired) electrons. The van der Waals surface area contributed by atoms with Gasteiger partial charge in [-0.25, -0.2) is 27.2 Å². The molecule has 0 saturated carbocycles. The normalized spacial score (nSPS) is 15.0. The lowest BCUT2D eigenvalue weighted by atomic mass is 10.1. The first-order valence-electron chi connectivity index (χ1n) is 10.7. The van der Waals surface area contributed by atoms with E-state index >= 15 is 4.39 Å². The molecular formula is C23H22F2N6O2S. The summed E-state index contributed by atoms with van der Waals surface area (Å²) in [5, 5.41) is 3.96. The third-order valence-electron chi connectivity index (χ3n) is 5.99. The van der Waals surface area contributed by atoms with Crippen LogP contribution in [0.25, 0.3) is 22.2 Å². The second-order valence-corrected chi connectivity index (χ2v) is 9.83. The maximum Gasteiger partial charge on any atom is 0.261 e. The maximum absolute atomic E-state index is 15.0. The Balaban J connectivity index is 1.52. The highest BCUT2D eigenvalue weighted by molar-refractivity contribution is 7.92. The number of nitrogens with zero attached hydrogens (tertiary/aromatic N) is 3. The summed E-state index contributed by atoms with van der Waals surface area (Å²) in [6.07, 6.45) is 5.16. The molecule has 1 aliphatic heterocycles. The minimum Gasteiger partial charge on any atom is -0.383 e. The Hall–Kier alpha value is -3.57. The minimum absolute atomic E-state index is 0.174. The van der Waals surface area contributed by atoms with Crippen LogP contribution in [0.1, 0.15) is 18.9 Å². The van der Waals surface area contributed by atoms with Gasteiger partial charge in [0.1, 0.15) is 29.4 Å². The highest BCUT2D eigenvalue weighted by atomic mass is 32.2. The van der Waals surface area contributed by atoms with E-state index in [0.717, 1.165) is 50.2 Å². The molecule has 0 amide bonds. The zero-order valence-corrected chi connectivity index (χ0v) is 18.8. The molecule has 5 rings (SSSR count). The van der Waals surface area contributed by atoms with Gasteiger partial charge in [-0.3, -0.25) is 4.72 Å². The van der Waals surface area contributed by atoms with Crippen molar-refractivity contribution in [3.63, 3.8) is 0 Å². The van der Waals surface area contributed by atoms with Crippen LogP contribution < -0.4 is 15.8 Å². The lowest BCUT2D eigenvalue weighted by molar-refractivity contribution is 0.375. The molecular weight excluding hydrogens is 462 g/mol. The molecule has 2 aromatic heterocycles. The number of hydrogen-bond donors (Lipinski definition) is 3. The molecule has 1 aliphatic rings. The number of sulfonamides is 1. The van der Waals surface area contributed by atoms with Gasteiger partial charge in [-0.05, 0) is 67.9 Å². The number of aromatic nitrogens is 3. The van der Waals surface area contributed by atoms with E-state index in [-0.39, 0.29) is 22.4 Å². The van der Waals surface area contributed by atoms with Crippen molar-refractivity contribution < 1.29 is 17.2 Å². The van der Waals surface area contributed by atoms with E-state index in [1.165, 1.54) is 18.5 Å². The van der Waals surface area contributed by atoms with E-state index < -0.39 is 21.7 Å². The summed E-state index contributed by atoms with van der Waals surface area (Å²) in [7, 11) is -4.09. The third kappa shape index (κ3) is 4.08. The van der Waals surface area contributed by atoms with Crippen molar-refractivity contribution in [3.05, 3.63) is 66.6 Å². The van der Waals surface area contributed by atoms with Crippen molar-refractivity contribution in [2.24, 2.45) is 0 Å². The molecule has 0 atom stereocenters. The van der Waals surface area contributed by atoms with Crippen LogP contribution >= 0.6 is 0 Å². The van der Waals surface area contributed by atoms with Crippen LogP contribution in [0, 0.1) is 11.6 Å². The van der Waals surface area contributed by atoms with Gasteiger partial charge in [-0.2, -0.15) is 0 Å². The molecule has 4 N–H and O–H groups in total. The van der Waals surface area contributed by atoms with Crippen molar-refractivity contribution in [1.82, 2.24) is 19.9 Å². The number of fused-ring (bicyclic) bond motifs is 1. The highest BCUT2D eigenvalue weighted by Gasteiger charge is 2.23. The molecule has 3 heterocycles. The Bertz CT molecular complexity index is 1470. The van der Waals surface area contributed by atoms with Gasteiger partial charge in [0.25, 0.3) is 10.0 Å². The topological polar surface area (TPSA) is 115 Å². The standard InChI is InChI=1S/C23H22F2N6O2S/c24-15-2-4-17(5-3-15)34(32,33)30-20-6-1-14(11-19(20)25)18-12-31(16-7-9-27-10-8-16)23-21(18)22(26)28-13-29-23/h1-6,11-13,16,27,30H,7-10H2,(H2,26,28,29). The second-order valence-electron chi connectivity index (χ2n) is 8.14. The fraction of sp³-hybridized carbons (Fsp3) is 0.217. The van der Waals surface area contributed by atoms with E-state index in [2.05, 4.69) is 24.6 Å². The number of piperidine rings is 1. The summed E-state index contributed by atoms with van der Waals surface area (Å²) < 4.78 is 57.6. The highest BCUT2D eigenvalue weighted by Crippen LogP contribution is 2.37. The molecule has 176 valence electrons. The predicted octanol–water partition coefficient (Wildman–Crippen LogP) is 3.68. The van der Waals surface area contributed by atoms with Crippen LogP contribution in [0.15, 0.2) is 59.9 Å². The van der Waals surface area contributed by atoms with E-state index in [4.69, 9.17) is 5.73 Å². The monoisotopic (exact) mass is 484 g/mol. The van der Waals surface area contributed by atoms with Crippen LogP contribution in [-0.2, 0) is 10.0 Å². The smallest absolute Gasteiger partial charge is 0.261 e. The maximum atomic E-state index is 15.0. The number of anilines is 2. The first-order valence-corrected chi connectivity index (χ1v) is 12.2. The van der Waals surface area contributed by atoms with Crippen molar-refractivity contribution in [3.8, 4) is 11.1 Å². The summed E-state index contributed by atoms with van der Waals surface area (Å²) in [4.78, 5) is 8.37. The van der Waals surface area contributed by atoms with Crippen molar-refractivity contribution in [2.45, 2.75) is 23.8 Å². The zero-order valence-electron chi connectivity index (χ0n) is 18.0. The SMILES string of the molecule is Nc1ncnc2c1c(-c1ccc(NS(=O)(=O)c3ccc(F)cc3)c(F)c1)cn2C1CCNCC1. The summed E-state index contributed by atoms with van der Waals surface area (Å²) in [6, 6.07) is 8.70. The largest absolute Gasteiger partial charge is 0.383 e. The van der Waals surface area contributed by atoms with Crippen LogP contribution in [0.4, 0.5) is 20.3 Å². The first kappa shape index (κ1) is 22.2. The molecule has 8 nitrogen and oxygen atoms in total. The summed E-state index contributed by atoms with van der Waals surface area (Å²) >= 11 is 0. The van der Waals surface area contributed by atoms with Crippen molar-refractivity contribution in [1.29, 1.82) is 0 Å². The number of halogens is 2. The molecule has 34 heavy (non-hydrogen) atoms. The van der Waals surface area contributed by atoms with Crippen LogP contribution in [0.5, 0.6) is 0 Å². The van der Waals surface area contributed by atoms with E-state index in [9.17, 15) is 12.8 Å². The molecule has 1 fully saturated rings. The number of benzene rings is 2. The minimum atomic E-state index is -4.09. The van der Waals surface area contributed by atoms with Crippen molar-refractivity contribution >= 4 is 32.6 Å². The average molecular weight is 485 g/mol. The molecule has 11 heteroatoms. The Morgan fingerprint density at radius 2 is 1.79 bits per heavy atom. The predicted molar refractivity (Wildman–Crippen MR) is 126 cm³/mol. The molecule has 0 unspecified atom stereocenters. The molecule has 0 bridgehead atoms. The molecule has 0 spiro atoms. The Morgan fingerprint density at radius 1 is 1.06 bits per heavy atom. The number of nitrogens with two attached hydrogens (primary N) is 1. The first-order chi connectivity index (χ1) is 16.3. The Kier molecular flexibility index (Phi) is 5.66. The number of nitrogen functional groups attached to an aromatic ring is 1. The summed E-state index contributed by atoms with van der Waals surface area (Å²) in [6.45, 7) is 1.77. The zero-order chi connectivity index (χ0) is 23.9. The van der Waals surface area contributed by atoms with Crippen molar-refractivity contribution in [2.75, 3.05) is 23.5 Å². The average Bonchev–Trinajstić information content (AvgIpc) is 3.22. The molecule has 0 aliphatic carbocycles. The van der Waals surface area contributed by atoms with Gasteiger partial charge in [-0.15, -0.1) is 0 Å².